The Bertz CT molecular complexity index is 330. The first-order chi connectivity index (χ1) is 9.69. The SMILES string of the molecule is CCC(/C=C\C(=C/N)N1C[C@@H](OC)CC[C@H]1CO)SC. The van der Waals surface area contributed by atoms with Gasteiger partial charge in [0.05, 0.1) is 24.4 Å². The number of methoxy groups -OCH3 is 1. The first-order valence-corrected chi connectivity index (χ1v) is 8.52. The molecule has 3 atom stereocenters. The second-order valence-electron chi connectivity index (χ2n) is 5.06. The largest absolute Gasteiger partial charge is 0.403 e. The molecule has 1 unspecified atom stereocenters. The predicted molar refractivity (Wildman–Crippen MR) is 86.6 cm³/mol. The molecule has 0 amide bonds. The third kappa shape index (κ3) is 4.72. The highest BCUT2D eigenvalue weighted by atomic mass is 32.2. The predicted octanol–water partition coefficient (Wildman–Crippen LogP) is 1.96. The van der Waals surface area contributed by atoms with Crippen molar-refractivity contribution >= 4 is 11.8 Å². The number of thioether (sulfide) groups is 1. The number of hydrogen-bond donors (Lipinski definition) is 2. The number of nitrogens with zero attached hydrogens (tertiary/aromatic N) is 1. The van der Waals surface area contributed by atoms with Crippen molar-refractivity contribution in [1.29, 1.82) is 0 Å². The van der Waals surface area contributed by atoms with Crippen molar-refractivity contribution in [2.75, 3.05) is 26.5 Å². The van der Waals surface area contributed by atoms with Gasteiger partial charge in [-0.15, -0.1) is 0 Å². The van der Waals surface area contributed by atoms with Crippen molar-refractivity contribution in [3.63, 3.8) is 0 Å². The third-order valence-corrected chi connectivity index (χ3v) is 4.99. The quantitative estimate of drug-likeness (QED) is 0.704. The van der Waals surface area contributed by atoms with E-state index in [1.165, 1.54) is 0 Å². The standard InChI is InChI=1S/C15H28N2O2S/c1-4-15(20-3)8-6-12(9-16)17-10-14(19-2)7-5-13(17)11-18/h6,8-9,13-15,18H,4-5,7,10-11,16H2,1-3H3/b8-6-,12-9+/t13-,14-,15?/m0/s1. The Balaban J connectivity index is 2.79. The molecule has 20 heavy (non-hydrogen) atoms. The lowest BCUT2D eigenvalue weighted by molar-refractivity contribution is 0.00788. The van der Waals surface area contributed by atoms with Crippen LogP contribution in [0.25, 0.3) is 0 Å². The molecule has 1 fully saturated rings. The fourth-order valence-corrected chi connectivity index (χ4v) is 3.10. The summed E-state index contributed by atoms with van der Waals surface area (Å²) in [5.41, 5.74) is 6.76. The number of allylic oxidation sites excluding steroid dienone is 1. The highest BCUT2D eigenvalue weighted by Crippen LogP contribution is 2.24. The van der Waals surface area contributed by atoms with E-state index in [9.17, 15) is 5.11 Å². The molecule has 0 aliphatic carbocycles. The lowest BCUT2D eigenvalue weighted by Gasteiger charge is -2.40. The van der Waals surface area contributed by atoms with Gasteiger partial charge in [-0.1, -0.05) is 13.0 Å². The van der Waals surface area contributed by atoms with E-state index in [1.54, 1.807) is 13.3 Å². The van der Waals surface area contributed by atoms with Crippen LogP contribution in [0.1, 0.15) is 26.2 Å². The van der Waals surface area contributed by atoms with Crippen molar-refractivity contribution in [2.24, 2.45) is 5.73 Å². The average Bonchev–Trinajstić information content (AvgIpc) is 2.51. The zero-order chi connectivity index (χ0) is 15.0. The number of aliphatic hydroxyl groups is 1. The van der Waals surface area contributed by atoms with E-state index in [0.29, 0.717) is 5.25 Å². The molecule has 116 valence electrons. The van der Waals surface area contributed by atoms with Crippen molar-refractivity contribution in [3.8, 4) is 0 Å². The highest BCUT2D eigenvalue weighted by molar-refractivity contribution is 7.99. The second-order valence-corrected chi connectivity index (χ2v) is 6.13. The van der Waals surface area contributed by atoms with Gasteiger partial charge in [-0.3, -0.25) is 0 Å². The van der Waals surface area contributed by atoms with Gasteiger partial charge in [-0.25, -0.2) is 0 Å². The average molecular weight is 300 g/mol. The molecule has 1 saturated heterocycles. The van der Waals surface area contributed by atoms with E-state index in [1.807, 2.05) is 11.8 Å². The van der Waals surface area contributed by atoms with Crippen LogP contribution in [0.15, 0.2) is 24.0 Å². The summed E-state index contributed by atoms with van der Waals surface area (Å²) >= 11 is 1.83. The zero-order valence-electron chi connectivity index (χ0n) is 12.8. The molecule has 0 spiro atoms. The summed E-state index contributed by atoms with van der Waals surface area (Å²) in [5, 5.41) is 10.1. The molecule has 0 saturated carbocycles. The molecule has 0 aromatic carbocycles. The summed E-state index contributed by atoms with van der Waals surface area (Å²) < 4.78 is 5.46. The first kappa shape index (κ1) is 17.4. The maximum absolute atomic E-state index is 9.56. The Morgan fingerprint density at radius 1 is 1.55 bits per heavy atom. The summed E-state index contributed by atoms with van der Waals surface area (Å²) in [6, 6.07) is 0.134. The molecule has 0 bridgehead atoms. The Morgan fingerprint density at radius 3 is 2.80 bits per heavy atom. The lowest BCUT2D eigenvalue weighted by atomic mass is 9.99. The fourth-order valence-electron chi connectivity index (χ4n) is 2.53. The maximum atomic E-state index is 9.56. The van der Waals surface area contributed by atoms with E-state index in [-0.39, 0.29) is 18.8 Å². The summed E-state index contributed by atoms with van der Waals surface area (Å²) in [4.78, 5) is 2.17. The Labute approximate surface area is 127 Å². The van der Waals surface area contributed by atoms with Crippen LogP contribution >= 0.6 is 11.8 Å². The maximum Gasteiger partial charge on any atom is 0.0747 e. The smallest absolute Gasteiger partial charge is 0.0747 e. The summed E-state index contributed by atoms with van der Waals surface area (Å²) in [6.45, 7) is 3.11. The van der Waals surface area contributed by atoms with Gasteiger partial charge in [-0.2, -0.15) is 11.8 Å². The fraction of sp³-hybridized carbons (Fsp3) is 0.733. The molecular weight excluding hydrogens is 272 g/mol. The topological polar surface area (TPSA) is 58.7 Å². The van der Waals surface area contributed by atoms with Crippen LogP contribution in [0.5, 0.6) is 0 Å². The molecule has 1 aliphatic rings. The minimum atomic E-state index is 0.134. The minimum absolute atomic E-state index is 0.134. The Morgan fingerprint density at radius 2 is 2.30 bits per heavy atom. The van der Waals surface area contributed by atoms with Crippen LogP contribution in [0.4, 0.5) is 0 Å². The number of nitrogens with two attached hydrogens (primary N) is 1. The van der Waals surface area contributed by atoms with E-state index in [4.69, 9.17) is 10.5 Å². The van der Waals surface area contributed by atoms with E-state index >= 15 is 0 Å². The number of likely N-dealkylation sites (tertiary alicyclic amines) is 1. The number of hydrogen-bond acceptors (Lipinski definition) is 5. The van der Waals surface area contributed by atoms with Crippen molar-refractivity contribution in [2.45, 2.75) is 43.6 Å². The van der Waals surface area contributed by atoms with Crippen LogP contribution in [-0.2, 0) is 4.74 Å². The molecular formula is C15H28N2O2S. The Hall–Kier alpha value is -0.650. The minimum Gasteiger partial charge on any atom is -0.403 e. The van der Waals surface area contributed by atoms with Crippen molar-refractivity contribution < 1.29 is 9.84 Å². The number of aliphatic hydroxyl groups excluding tert-OH is 1. The third-order valence-electron chi connectivity index (χ3n) is 3.90. The van der Waals surface area contributed by atoms with Gasteiger partial charge in [0, 0.05) is 25.1 Å². The van der Waals surface area contributed by atoms with Crippen molar-refractivity contribution in [3.05, 3.63) is 24.0 Å². The normalized spacial score (nSPS) is 26.2. The van der Waals surface area contributed by atoms with Crippen LogP contribution in [0, 0.1) is 0 Å². The molecule has 5 heteroatoms. The van der Waals surface area contributed by atoms with E-state index in [0.717, 1.165) is 31.5 Å². The first-order valence-electron chi connectivity index (χ1n) is 7.23. The molecule has 3 N–H and O–H groups in total. The van der Waals surface area contributed by atoms with Gasteiger partial charge < -0.3 is 20.5 Å². The zero-order valence-corrected chi connectivity index (χ0v) is 13.6. The second kappa shape index (κ2) is 9.32. The lowest BCUT2D eigenvalue weighted by Crippen LogP contribution is -2.47. The molecule has 0 radical (unpaired) electrons. The molecule has 1 aliphatic heterocycles. The molecule has 1 rings (SSSR count). The highest BCUT2D eigenvalue weighted by Gasteiger charge is 2.28. The molecule has 4 nitrogen and oxygen atoms in total. The number of rotatable bonds is 7. The van der Waals surface area contributed by atoms with Crippen LogP contribution in [0.2, 0.25) is 0 Å². The van der Waals surface area contributed by atoms with E-state index in [2.05, 4.69) is 30.2 Å². The van der Waals surface area contributed by atoms with Crippen LogP contribution in [0.3, 0.4) is 0 Å². The summed E-state index contributed by atoms with van der Waals surface area (Å²) in [5.74, 6) is 0. The van der Waals surface area contributed by atoms with E-state index < -0.39 is 0 Å². The van der Waals surface area contributed by atoms with Crippen LogP contribution in [-0.4, -0.2) is 53.9 Å². The molecule has 1 heterocycles. The monoisotopic (exact) mass is 300 g/mol. The summed E-state index contributed by atoms with van der Waals surface area (Å²) in [7, 11) is 1.74. The number of piperidine rings is 1. The van der Waals surface area contributed by atoms with Gasteiger partial charge >= 0.3 is 0 Å². The van der Waals surface area contributed by atoms with Gasteiger partial charge in [0.2, 0.25) is 0 Å². The van der Waals surface area contributed by atoms with Crippen molar-refractivity contribution in [1.82, 2.24) is 4.90 Å². The summed E-state index contributed by atoms with van der Waals surface area (Å²) in [6.07, 6.45) is 11.2. The van der Waals surface area contributed by atoms with Gasteiger partial charge in [0.15, 0.2) is 0 Å². The molecule has 0 aromatic rings. The van der Waals surface area contributed by atoms with Gasteiger partial charge in [0.1, 0.15) is 0 Å². The number of ether oxygens (including phenoxy) is 1. The van der Waals surface area contributed by atoms with Gasteiger partial charge in [-0.05, 0) is 31.6 Å². The molecule has 0 aromatic heterocycles. The Kier molecular flexibility index (Phi) is 8.11. The van der Waals surface area contributed by atoms with Crippen LogP contribution < -0.4 is 5.73 Å². The van der Waals surface area contributed by atoms with Gasteiger partial charge in [0.25, 0.3) is 0 Å².